The first kappa shape index (κ1) is 33.4. The fourth-order valence-corrected chi connectivity index (χ4v) is 10.9. The monoisotopic (exact) mass is 763 g/mol. The molecular weight excluding hydrogens is 728 g/mol. The lowest BCUT2D eigenvalue weighted by Crippen LogP contribution is -2.64. The summed E-state index contributed by atoms with van der Waals surface area (Å²) in [4.78, 5) is 9.70. The largest absolute Gasteiger partial charge is 0.457 e. The molecule has 4 aliphatic rings. The first-order valence-corrected chi connectivity index (χ1v) is 20.6. The molecule has 8 aromatic carbocycles. The van der Waals surface area contributed by atoms with E-state index in [-0.39, 0.29) is 13.4 Å². The van der Waals surface area contributed by atoms with Gasteiger partial charge in [0.15, 0.2) is 0 Å². The highest BCUT2D eigenvalue weighted by Gasteiger charge is 2.46. The van der Waals surface area contributed by atoms with Crippen molar-refractivity contribution in [3.8, 4) is 23.0 Å². The second-order valence-corrected chi connectivity index (χ2v) is 16.5. The molecule has 274 valence electrons. The van der Waals surface area contributed by atoms with E-state index < -0.39 is 0 Å². The van der Waals surface area contributed by atoms with Gasteiger partial charge in [0.25, 0.3) is 6.71 Å². The number of anilines is 7. The Hall–Kier alpha value is -6.76. The summed E-state index contributed by atoms with van der Waals surface area (Å²) in [6, 6.07) is 62.7. The fourth-order valence-electron chi connectivity index (χ4n) is 9.68. The van der Waals surface area contributed by atoms with Crippen LogP contribution in [-0.4, -0.2) is 27.5 Å². The molecule has 0 N–H and O–H groups in total. The molecule has 4 aliphatic heterocycles. The third kappa shape index (κ3) is 5.01. The molecule has 58 heavy (non-hydrogen) atoms. The molecule has 8 heteroatoms. The van der Waals surface area contributed by atoms with Crippen LogP contribution in [0.4, 0.5) is 39.8 Å². The lowest BCUT2D eigenvalue weighted by molar-refractivity contribution is 0.481. The zero-order valence-electron chi connectivity index (χ0n) is 32.0. The molecule has 4 heterocycles. The summed E-state index contributed by atoms with van der Waals surface area (Å²) >= 11 is 1.85. The van der Waals surface area contributed by atoms with Crippen LogP contribution in [0, 0.1) is 0 Å². The summed E-state index contributed by atoms with van der Waals surface area (Å²) in [7, 11) is 4.42. The van der Waals surface area contributed by atoms with Gasteiger partial charge in [0.05, 0.1) is 0 Å². The zero-order valence-corrected chi connectivity index (χ0v) is 32.8. The minimum absolute atomic E-state index is 0.00414. The van der Waals surface area contributed by atoms with Gasteiger partial charge >= 0.3 is 0 Å². The molecule has 0 unspecified atom stereocenters. The predicted octanol–water partition coefficient (Wildman–Crippen LogP) is 8.71. The highest BCUT2D eigenvalue weighted by atomic mass is 32.2. The van der Waals surface area contributed by atoms with Crippen LogP contribution in [0.3, 0.4) is 0 Å². The smallest absolute Gasteiger partial charge is 0.252 e. The van der Waals surface area contributed by atoms with Crippen molar-refractivity contribution in [2.45, 2.75) is 9.79 Å². The second-order valence-electron chi connectivity index (χ2n) is 15.4. The van der Waals surface area contributed by atoms with E-state index in [1.807, 2.05) is 72.4 Å². The SMILES string of the molecule is CN1c2cc3c(cc2B2c4ccccc4Sc4cc(Oc5ccccc5)cc1c42)B1c2ccccc2N(c2ccccc2)c2cc(Oc4ccccc4)cc(c21)N3C. The summed E-state index contributed by atoms with van der Waals surface area (Å²) in [5.74, 6) is 3.27. The van der Waals surface area contributed by atoms with Crippen LogP contribution in [0.25, 0.3) is 0 Å². The molecule has 0 fully saturated rings. The second kappa shape index (κ2) is 12.9. The van der Waals surface area contributed by atoms with Gasteiger partial charge in [-0.2, -0.15) is 0 Å². The van der Waals surface area contributed by atoms with Gasteiger partial charge < -0.3 is 24.2 Å². The first-order valence-electron chi connectivity index (χ1n) is 19.8. The molecule has 0 spiro atoms. The summed E-state index contributed by atoms with van der Waals surface area (Å²) in [6.07, 6.45) is 0. The van der Waals surface area contributed by atoms with E-state index in [1.54, 1.807) is 0 Å². The van der Waals surface area contributed by atoms with Crippen LogP contribution in [-0.2, 0) is 0 Å². The molecule has 0 saturated heterocycles. The maximum atomic E-state index is 6.66. The molecule has 0 aliphatic carbocycles. The Labute approximate surface area is 343 Å². The molecule has 0 saturated carbocycles. The van der Waals surface area contributed by atoms with Crippen LogP contribution in [0.1, 0.15) is 0 Å². The van der Waals surface area contributed by atoms with Crippen molar-refractivity contribution < 1.29 is 9.47 Å². The molecule has 0 radical (unpaired) electrons. The van der Waals surface area contributed by atoms with Crippen molar-refractivity contribution in [1.29, 1.82) is 0 Å². The molecule has 12 rings (SSSR count). The predicted molar refractivity (Wildman–Crippen MR) is 243 cm³/mol. The lowest BCUT2D eigenvalue weighted by Gasteiger charge is -2.45. The minimum atomic E-state index is 0.00414. The van der Waals surface area contributed by atoms with Gasteiger partial charge in [0, 0.05) is 81.9 Å². The van der Waals surface area contributed by atoms with Crippen molar-refractivity contribution in [3.63, 3.8) is 0 Å². The van der Waals surface area contributed by atoms with Gasteiger partial charge in [0.2, 0.25) is 6.71 Å². The van der Waals surface area contributed by atoms with Gasteiger partial charge in [-0.15, -0.1) is 0 Å². The third-order valence-corrected chi connectivity index (χ3v) is 13.3. The Bertz CT molecular complexity index is 2950. The summed E-state index contributed by atoms with van der Waals surface area (Å²) < 4.78 is 13.2. The van der Waals surface area contributed by atoms with Gasteiger partial charge in [-0.05, 0) is 88.0 Å². The number of benzene rings is 8. The van der Waals surface area contributed by atoms with Gasteiger partial charge in [0.1, 0.15) is 23.0 Å². The summed E-state index contributed by atoms with van der Waals surface area (Å²) in [5, 5.41) is 0. The third-order valence-electron chi connectivity index (χ3n) is 12.2. The summed E-state index contributed by atoms with van der Waals surface area (Å²) in [6.45, 7) is 0.0710. The Kier molecular flexibility index (Phi) is 7.42. The van der Waals surface area contributed by atoms with E-state index in [9.17, 15) is 0 Å². The van der Waals surface area contributed by atoms with E-state index in [1.165, 1.54) is 65.3 Å². The first-order chi connectivity index (χ1) is 28.6. The fraction of sp³-hybridized carbons (Fsp3) is 0.0400. The van der Waals surface area contributed by atoms with Gasteiger partial charge in [-0.3, -0.25) is 0 Å². The van der Waals surface area contributed by atoms with Crippen LogP contribution in [0.5, 0.6) is 23.0 Å². The highest BCUT2D eigenvalue weighted by Crippen LogP contribution is 2.46. The van der Waals surface area contributed by atoms with Crippen molar-refractivity contribution in [2.75, 3.05) is 28.8 Å². The number of hydrogen-bond acceptors (Lipinski definition) is 6. The van der Waals surface area contributed by atoms with E-state index in [0.717, 1.165) is 40.1 Å². The topological polar surface area (TPSA) is 28.2 Å². The molecule has 5 nitrogen and oxygen atoms in total. The number of nitrogens with zero attached hydrogens (tertiary/aromatic N) is 3. The van der Waals surface area contributed by atoms with Crippen molar-refractivity contribution in [2.24, 2.45) is 0 Å². The summed E-state index contributed by atoms with van der Waals surface area (Å²) in [5.41, 5.74) is 16.0. The normalized spacial score (nSPS) is 13.8. The highest BCUT2D eigenvalue weighted by molar-refractivity contribution is 8.00. The number of para-hydroxylation sites is 4. The van der Waals surface area contributed by atoms with Crippen LogP contribution >= 0.6 is 11.8 Å². The Balaban J connectivity index is 1.09. The van der Waals surface area contributed by atoms with Crippen molar-refractivity contribution in [1.82, 2.24) is 0 Å². The van der Waals surface area contributed by atoms with E-state index in [4.69, 9.17) is 9.47 Å². The van der Waals surface area contributed by atoms with Crippen LogP contribution < -0.4 is 57.0 Å². The number of ether oxygens (including phenoxy) is 2. The van der Waals surface area contributed by atoms with Crippen molar-refractivity contribution in [3.05, 3.63) is 176 Å². The molecule has 0 amide bonds. The Morgan fingerprint density at radius 2 is 0.897 bits per heavy atom. The Morgan fingerprint density at radius 3 is 1.57 bits per heavy atom. The average molecular weight is 764 g/mol. The molecule has 8 aromatic rings. The Morgan fingerprint density at radius 1 is 0.379 bits per heavy atom. The standard InChI is InChI=1S/C50H35B2N3O2S/c1-53-42-31-43-40(52-38-23-13-15-25-47(38)58-48-29-36(27-45(50(48)52)54(43)2)57-34-20-10-5-11-21-34)30-39(42)51-37-22-12-14-24-41(37)55(32-16-6-3-7-17-32)46-28-35(26-44(53)49(46)51)56-33-18-8-4-9-19-33/h3-31H,1-2H3. The molecular formula is C50H35B2N3O2S. The van der Waals surface area contributed by atoms with Crippen LogP contribution in [0.2, 0.25) is 0 Å². The maximum absolute atomic E-state index is 6.66. The van der Waals surface area contributed by atoms with Crippen LogP contribution in [0.15, 0.2) is 186 Å². The number of fused-ring (bicyclic) bond motifs is 8. The molecule has 0 atom stereocenters. The van der Waals surface area contributed by atoms with Gasteiger partial charge in [-0.1, -0.05) is 114 Å². The quantitative estimate of drug-likeness (QED) is 0.163. The number of hydrogen-bond donors (Lipinski definition) is 0. The lowest BCUT2D eigenvalue weighted by atomic mass is 9.31. The van der Waals surface area contributed by atoms with E-state index in [0.29, 0.717) is 0 Å². The zero-order chi connectivity index (χ0) is 38.5. The average Bonchev–Trinajstić information content (AvgIpc) is 3.26. The van der Waals surface area contributed by atoms with E-state index in [2.05, 4.69) is 144 Å². The maximum Gasteiger partial charge on any atom is 0.252 e. The molecule has 0 bridgehead atoms. The molecule has 0 aromatic heterocycles. The number of rotatable bonds is 5. The van der Waals surface area contributed by atoms with Gasteiger partial charge in [-0.25, -0.2) is 0 Å². The van der Waals surface area contributed by atoms with E-state index >= 15 is 0 Å². The van der Waals surface area contributed by atoms with Crippen molar-refractivity contribution >= 4 is 97.8 Å². The minimum Gasteiger partial charge on any atom is -0.457 e.